The van der Waals surface area contributed by atoms with Gasteiger partial charge in [0.15, 0.2) is 0 Å². The smallest absolute Gasteiger partial charge is 0.0651 e. The molecule has 2 heterocycles. The summed E-state index contributed by atoms with van der Waals surface area (Å²) in [7, 11) is 2.25. The van der Waals surface area contributed by atoms with Crippen LogP contribution in [0.1, 0.15) is 49.7 Å². The van der Waals surface area contributed by atoms with E-state index in [2.05, 4.69) is 41.3 Å². The SMILES string of the molecule is CN1CCC[C@@H]1Cc1c[nH]c2ccc(CCC3(O)CCC3)cc12. The normalized spacial score (nSPS) is 24.2. The molecule has 1 aromatic carbocycles. The molecule has 0 spiro atoms. The fourth-order valence-corrected chi connectivity index (χ4v) is 4.25. The summed E-state index contributed by atoms with van der Waals surface area (Å²) < 4.78 is 0. The van der Waals surface area contributed by atoms with Crippen LogP contribution in [0.15, 0.2) is 24.4 Å². The summed E-state index contributed by atoms with van der Waals surface area (Å²) in [5, 5.41) is 11.7. The van der Waals surface area contributed by atoms with Gasteiger partial charge in [-0.05, 0) is 88.2 Å². The van der Waals surface area contributed by atoms with Gasteiger partial charge in [0.05, 0.1) is 5.60 Å². The number of aryl methyl sites for hydroxylation is 1. The van der Waals surface area contributed by atoms with E-state index in [4.69, 9.17) is 0 Å². The van der Waals surface area contributed by atoms with Crippen molar-refractivity contribution < 1.29 is 5.11 Å². The lowest BCUT2D eigenvalue weighted by atomic mass is 9.76. The second-order valence-electron chi connectivity index (χ2n) is 7.75. The summed E-state index contributed by atoms with van der Waals surface area (Å²) in [6, 6.07) is 7.45. The minimum absolute atomic E-state index is 0.373. The maximum absolute atomic E-state index is 10.3. The van der Waals surface area contributed by atoms with Crippen LogP contribution in [0.5, 0.6) is 0 Å². The highest BCUT2D eigenvalue weighted by atomic mass is 16.3. The van der Waals surface area contributed by atoms with Gasteiger partial charge in [0.25, 0.3) is 0 Å². The topological polar surface area (TPSA) is 39.3 Å². The fourth-order valence-electron chi connectivity index (χ4n) is 4.25. The van der Waals surface area contributed by atoms with E-state index >= 15 is 0 Å². The number of aromatic nitrogens is 1. The predicted octanol–water partition coefficient (Wildman–Crippen LogP) is 3.65. The quantitative estimate of drug-likeness (QED) is 0.884. The van der Waals surface area contributed by atoms with Crippen LogP contribution in [0.3, 0.4) is 0 Å². The van der Waals surface area contributed by atoms with Crippen molar-refractivity contribution in [2.45, 2.75) is 63.0 Å². The second-order valence-corrected chi connectivity index (χ2v) is 7.75. The number of nitrogens with zero attached hydrogens (tertiary/aromatic N) is 1. The fraction of sp³-hybridized carbons (Fsp3) is 0.600. The molecule has 1 saturated heterocycles. The third kappa shape index (κ3) is 3.05. The van der Waals surface area contributed by atoms with E-state index in [0.717, 1.165) is 32.1 Å². The molecule has 1 aliphatic carbocycles. The molecule has 124 valence electrons. The van der Waals surface area contributed by atoms with Crippen LogP contribution in [0.4, 0.5) is 0 Å². The molecule has 0 bridgehead atoms. The standard InChI is InChI=1S/C20H28N2O/c1-22-11-2-4-17(22)13-16-14-21-19-6-5-15(12-18(16)19)7-10-20(23)8-3-9-20/h5-6,12,14,17,21,23H,2-4,7-11,13H2,1H3/t17-/m1/s1. The number of rotatable bonds is 5. The molecule has 3 nitrogen and oxygen atoms in total. The zero-order valence-corrected chi connectivity index (χ0v) is 14.1. The van der Waals surface area contributed by atoms with E-state index in [9.17, 15) is 5.11 Å². The molecule has 2 N–H and O–H groups in total. The Morgan fingerprint density at radius 2 is 2.17 bits per heavy atom. The molecule has 2 aliphatic rings. The molecule has 0 radical (unpaired) electrons. The number of fused-ring (bicyclic) bond motifs is 1. The molecule has 1 saturated carbocycles. The Hall–Kier alpha value is -1.32. The van der Waals surface area contributed by atoms with E-state index < -0.39 is 0 Å². The van der Waals surface area contributed by atoms with Crippen LogP contribution < -0.4 is 0 Å². The van der Waals surface area contributed by atoms with Crippen LogP contribution in [0.2, 0.25) is 0 Å². The first-order valence-corrected chi connectivity index (χ1v) is 9.14. The Labute approximate surface area is 138 Å². The third-order valence-corrected chi connectivity index (χ3v) is 6.12. The number of nitrogens with one attached hydrogen (secondary N) is 1. The van der Waals surface area contributed by atoms with Gasteiger partial charge < -0.3 is 15.0 Å². The summed E-state index contributed by atoms with van der Waals surface area (Å²) in [5.74, 6) is 0. The van der Waals surface area contributed by atoms with E-state index in [1.54, 1.807) is 0 Å². The lowest BCUT2D eigenvalue weighted by Crippen LogP contribution is -2.36. The number of benzene rings is 1. The first-order chi connectivity index (χ1) is 11.1. The van der Waals surface area contributed by atoms with Gasteiger partial charge in [-0.15, -0.1) is 0 Å². The summed E-state index contributed by atoms with van der Waals surface area (Å²) in [6.07, 6.45) is 11.0. The van der Waals surface area contributed by atoms with Crippen molar-refractivity contribution >= 4 is 10.9 Å². The largest absolute Gasteiger partial charge is 0.390 e. The van der Waals surface area contributed by atoms with Gasteiger partial charge >= 0.3 is 0 Å². The van der Waals surface area contributed by atoms with Crippen molar-refractivity contribution in [2.24, 2.45) is 0 Å². The van der Waals surface area contributed by atoms with Crippen LogP contribution >= 0.6 is 0 Å². The van der Waals surface area contributed by atoms with Gasteiger partial charge in [0, 0.05) is 23.1 Å². The Morgan fingerprint density at radius 1 is 1.30 bits per heavy atom. The van der Waals surface area contributed by atoms with Crippen molar-refractivity contribution in [3.8, 4) is 0 Å². The zero-order chi connectivity index (χ0) is 15.9. The van der Waals surface area contributed by atoms with Crippen LogP contribution in [0.25, 0.3) is 10.9 Å². The Balaban J connectivity index is 1.51. The van der Waals surface area contributed by atoms with Gasteiger partial charge in [-0.25, -0.2) is 0 Å². The molecule has 0 amide bonds. The second kappa shape index (κ2) is 5.95. The number of likely N-dealkylation sites (tertiary alicyclic amines) is 1. The lowest BCUT2D eigenvalue weighted by molar-refractivity contribution is -0.0397. The van der Waals surface area contributed by atoms with Crippen LogP contribution in [-0.2, 0) is 12.8 Å². The van der Waals surface area contributed by atoms with Crippen molar-refractivity contribution in [2.75, 3.05) is 13.6 Å². The van der Waals surface area contributed by atoms with Gasteiger partial charge in [0.1, 0.15) is 0 Å². The van der Waals surface area contributed by atoms with Crippen LogP contribution in [-0.4, -0.2) is 40.2 Å². The lowest BCUT2D eigenvalue weighted by Gasteiger charge is -2.36. The summed E-state index contributed by atoms with van der Waals surface area (Å²) >= 11 is 0. The summed E-state index contributed by atoms with van der Waals surface area (Å²) in [5.41, 5.74) is 3.68. The number of aromatic amines is 1. The molecule has 23 heavy (non-hydrogen) atoms. The average molecular weight is 312 g/mol. The number of H-pyrrole nitrogens is 1. The third-order valence-electron chi connectivity index (χ3n) is 6.12. The number of aliphatic hydroxyl groups is 1. The summed E-state index contributed by atoms with van der Waals surface area (Å²) in [4.78, 5) is 5.93. The van der Waals surface area contributed by atoms with Crippen molar-refractivity contribution in [1.29, 1.82) is 0 Å². The zero-order valence-electron chi connectivity index (χ0n) is 14.1. The first-order valence-electron chi connectivity index (χ1n) is 9.14. The molecule has 2 aromatic rings. The van der Waals surface area contributed by atoms with Gasteiger partial charge in [-0.3, -0.25) is 0 Å². The maximum Gasteiger partial charge on any atom is 0.0651 e. The van der Waals surface area contributed by atoms with Gasteiger partial charge in [-0.2, -0.15) is 0 Å². The molecule has 4 rings (SSSR count). The Kier molecular flexibility index (Phi) is 3.94. The van der Waals surface area contributed by atoms with E-state index in [1.807, 2.05) is 0 Å². The highest BCUT2D eigenvalue weighted by molar-refractivity contribution is 5.84. The summed E-state index contributed by atoms with van der Waals surface area (Å²) in [6.45, 7) is 1.23. The number of likely N-dealkylation sites (N-methyl/N-ethyl adjacent to an activating group) is 1. The van der Waals surface area contributed by atoms with E-state index in [-0.39, 0.29) is 5.60 Å². The molecule has 1 aromatic heterocycles. The average Bonchev–Trinajstić information content (AvgIpc) is 3.11. The highest BCUT2D eigenvalue weighted by Crippen LogP contribution is 2.36. The molecule has 0 unspecified atom stereocenters. The number of hydrogen-bond donors (Lipinski definition) is 2. The number of hydrogen-bond acceptors (Lipinski definition) is 2. The maximum atomic E-state index is 10.3. The molecule has 2 fully saturated rings. The van der Waals surface area contributed by atoms with Gasteiger partial charge in [-0.1, -0.05) is 6.07 Å². The van der Waals surface area contributed by atoms with Crippen molar-refractivity contribution in [3.63, 3.8) is 0 Å². The minimum atomic E-state index is -0.373. The highest BCUT2D eigenvalue weighted by Gasteiger charge is 2.33. The predicted molar refractivity (Wildman–Crippen MR) is 94.8 cm³/mol. The van der Waals surface area contributed by atoms with E-state index in [1.165, 1.54) is 47.8 Å². The van der Waals surface area contributed by atoms with Crippen molar-refractivity contribution in [3.05, 3.63) is 35.5 Å². The first kappa shape index (κ1) is 15.2. The molecule has 1 aliphatic heterocycles. The van der Waals surface area contributed by atoms with Crippen LogP contribution in [0, 0.1) is 0 Å². The minimum Gasteiger partial charge on any atom is -0.390 e. The molecular weight excluding hydrogens is 284 g/mol. The Bertz CT molecular complexity index is 686. The van der Waals surface area contributed by atoms with Gasteiger partial charge in [0.2, 0.25) is 0 Å². The molecule has 1 atom stereocenters. The molecule has 3 heteroatoms. The van der Waals surface area contributed by atoms with Crippen molar-refractivity contribution in [1.82, 2.24) is 9.88 Å². The van der Waals surface area contributed by atoms with E-state index in [0.29, 0.717) is 6.04 Å². The molecular formula is C20H28N2O. The Morgan fingerprint density at radius 3 is 2.87 bits per heavy atom. The monoisotopic (exact) mass is 312 g/mol.